The van der Waals surface area contributed by atoms with Crippen LogP contribution in [0.4, 0.5) is 0 Å². The fourth-order valence-electron chi connectivity index (χ4n) is 2.98. The number of aromatic nitrogens is 2. The Morgan fingerprint density at radius 2 is 2.29 bits per heavy atom. The minimum absolute atomic E-state index is 0. The maximum atomic E-state index is 12.6. The molecule has 21 heavy (non-hydrogen) atoms. The van der Waals surface area contributed by atoms with Gasteiger partial charge in [0.15, 0.2) is 0 Å². The van der Waals surface area contributed by atoms with Crippen molar-refractivity contribution in [2.24, 2.45) is 5.73 Å². The average Bonchev–Trinajstić information content (AvgIpc) is 2.85. The zero-order valence-corrected chi connectivity index (χ0v) is 14.0. The molecule has 1 aromatic rings. The van der Waals surface area contributed by atoms with Gasteiger partial charge in [-0.15, -0.1) is 12.4 Å². The molecule has 1 amide bonds. The number of piperidine rings is 1. The Morgan fingerprint density at radius 3 is 2.86 bits per heavy atom. The lowest BCUT2D eigenvalue weighted by molar-refractivity contribution is -0.138. The van der Waals surface area contributed by atoms with Crippen molar-refractivity contribution in [1.29, 1.82) is 0 Å². The Balaban J connectivity index is 0.00000220. The number of aryl methyl sites for hydroxylation is 1. The van der Waals surface area contributed by atoms with Crippen LogP contribution in [-0.4, -0.2) is 39.2 Å². The van der Waals surface area contributed by atoms with Gasteiger partial charge in [0.1, 0.15) is 0 Å². The van der Waals surface area contributed by atoms with Crippen LogP contribution in [0.2, 0.25) is 0 Å². The predicted molar refractivity (Wildman–Crippen MR) is 86.6 cm³/mol. The molecule has 2 rings (SSSR count). The number of hydrogen-bond acceptors (Lipinski definition) is 3. The van der Waals surface area contributed by atoms with E-state index in [0.717, 1.165) is 44.3 Å². The number of halogens is 1. The maximum Gasteiger partial charge on any atom is 0.242 e. The molecule has 1 aromatic heterocycles. The third kappa shape index (κ3) is 4.20. The van der Waals surface area contributed by atoms with Crippen LogP contribution in [0.5, 0.6) is 0 Å². The molecular weight excluding hydrogens is 288 g/mol. The Kier molecular flexibility index (Phi) is 6.23. The van der Waals surface area contributed by atoms with Crippen molar-refractivity contribution < 1.29 is 4.79 Å². The summed E-state index contributed by atoms with van der Waals surface area (Å²) < 4.78 is 1.99. The zero-order valence-electron chi connectivity index (χ0n) is 13.2. The maximum absolute atomic E-state index is 12.6. The van der Waals surface area contributed by atoms with Crippen LogP contribution in [0, 0.1) is 6.92 Å². The first-order valence-corrected chi connectivity index (χ1v) is 7.53. The molecule has 0 radical (unpaired) electrons. The largest absolute Gasteiger partial charge is 0.339 e. The van der Waals surface area contributed by atoms with Gasteiger partial charge in [-0.25, -0.2) is 0 Å². The van der Waals surface area contributed by atoms with Crippen molar-refractivity contribution >= 4 is 18.3 Å². The summed E-state index contributed by atoms with van der Waals surface area (Å²) in [7, 11) is 0. The van der Waals surface area contributed by atoms with Crippen molar-refractivity contribution in [3.63, 3.8) is 0 Å². The van der Waals surface area contributed by atoms with Gasteiger partial charge in [-0.05, 0) is 38.7 Å². The Morgan fingerprint density at radius 1 is 1.57 bits per heavy atom. The van der Waals surface area contributed by atoms with E-state index in [1.807, 2.05) is 35.8 Å². The first-order chi connectivity index (χ1) is 9.44. The quantitative estimate of drug-likeness (QED) is 0.927. The van der Waals surface area contributed by atoms with Crippen molar-refractivity contribution in [3.8, 4) is 0 Å². The predicted octanol–water partition coefficient (Wildman–Crippen LogP) is 2.29. The van der Waals surface area contributed by atoms with Gasteiger partial charge in [-0.1, -0.05) is 13.3 Å². The second-order valence-electron chi connectivity index (χ2n) is 6.21. The molecule has 0 bridgehead atoms. The lowest BCUT2D eigenvalue weighted by Gasteiger charge is -2.37. The smallest absolute Gasteiger partial charge is 0.242 e. The highest BCUT2D eigenvalue weighted by Crippen LogP contribution is 2.24. The molecular formula is C15H27ClN4O. The van der Waals surface area contributed by atoms with E-state index in [-0.39, 0.29) is 24.4 Å². The van der Waals surface area contributed by atoms with Gasteiger partial charge in [-0.2, -0.15) is 5.10 Å². The Hall–Kier alpha value is -1.07. The molecule has 2 unspecified atom stereocenters. The van der Waals surface area contributed by atoms with Gasteiger partial charge in [-0.3, -0.25) is 9.48 Å². The van der Waals surface area contributed by atoms with Crippen LogP contribution in [0.15, 0.2) is 12.4 Å². The van der Waals surface area contributed by atoms with E-state index in [1.54, 1.807) is 0 Å². The molecule has 1 aliphatic heterocycles. The molecule has 0 aromatic carbocycles. The fourth-order valence-corrected chi connectivity index (χ4v) is 2.98. The summed E-state index contributed by atoms with van der Waals surface area (Å²) in [4.78, 5) is 14.5. The number of nitrogens with two attached hydrogens (primary N) is 1. The van der Waals surface area contributed by atoms with Gasteiger partial charge in [0, 0.05) is 19.3 Å². The molecule has 1 aliphatic rings. The molecule has 0 aliphatic carbocycles. The molecule has 0 spiro atoms. The molecule has 1 saturated heterocycles. The normalized spacial score (nSPS) is 21.5. The number of likely N-dealkylation sites (tertiary alicyclic amines) is 1. The van der Waals surface area contributed by atoms with Gasteiger partial charge in [0.2, 0.25) is 5.91 Å². The third-order valence-electron chi connectivity index (χ3n) is 4.05. The highest BCUT2D eigenvalue weighted by atomic mass is 35.5. The van der Waals surface area contributed by atoms with Crippen LogP contribution < -0.4 is 5.73 Å². The van der Waals surface area contributed by atoms with E-state index in [1.165, 1.54) is 0 Å². The second kappa shape index (κ2) is 7.27. The van der Waals surface area contributed by atoms with Gasteiger partial charge in [0.05, 0.1) is 17.8 Å². The van der Waals surface area contributed by atoms with Crippen LogP contribution in [-0.2, 0) is 4.79 Å². The van der Waals surface area contributed by atoms with Crippen molar-refractivity contribution in [1.82, 2.24) is 14.7 Å². The highest BCUT2D eigenvalue weighted by Gasteiger charge is 2.34. The molecule has 0 saturated carbocycles. The summed E-state index contributed by atoms with van der Waals surface area (Å²) in [6.07, 6.45) is 7.65. The van der Waals surface area contributed by atoms with E-state index in [2.05, 4.69) is 12.0 Å². The molecule has 120 valence electrons. The minimum atomic E-state index is -0.739. The van der Waals surface area contributed by atoms with Crippen LogP contribution in [0.25, 0.3) is 0 Å². The van der Waals surface area contributed by atoms with Gasteiger partial charge < -0.3 is 10.6 Å². The number of rotatable bonds is 4. The molecule has 1 fully saturated rings. The highest BCUT2D eigenvalue weighted by molar-refractivity contribution is 5.86. The summed E-state index contributed by atoms with van der Waals surface area (Å²) in [5.41, 5.74) is 6.59. The topological polar surface area (TPSA) is 64.2 Å². The fraction of sp³-hybridized carbons (Fsp3) is 0.733. The molecule has 2 N–H and O–H groups in total. The molecule has 2 atom stereocenters. The lowest BCUT2D eigenvalue weighted by atomic mass is 9.94. The standard InChI is InChI=1S/C15H26N4O.ClH/c1-4-7-15(3,16)14(20)18-8-5-6-13(11-18)19-10-12(2)9-17-19;/h9-10,13H,4-8,11,16H2,1-3H3;1H. The van der Waals surface area contributed by atoms with Crippen LogP contribution >= 0.6 is 12.4 Å². The molecule has 2 heterocycles. The lowest BCUT2D eigenvalue weighted by Crippen LogP contribution is -2.55. The van der Waals surface area contributed by atoms with Crippen LogP contribution in [0.1, 0.15) is 51.1 Å². The number of nitrogens with zero attached hydrogens (tertiary/aromatic N) is 3. The summed E-state index contributed by atoms with van der Waals surface area (Å²) >= 11 is 0. The van der Waals surface area contributed by atoms with Crippen molar-refractivity contribution in [3.05, 3.63) is 18.0 Å². The summed E-state index contributed by atoms with van der Waals surface area (Å²) in [6.45, 7) is 7.47. The average molecular weight is 315 g/mol. The molecule has 6 heteroatoms. The van der Waals surface area contributed by atoms with E-state index in [9.17, 15) is 4.79 Å². The zero-order chi connectivity index (χ0) is 14.8. The first kappa shape index (κ1) is 18.0. The van der Waals surface area contributed by atoms with Crippen molar-refractivity contribution in [2.45, 2.75) is 58.0 Å². The Labute approximate surface area is 133 Å². The number of amides is 1. The van der Waals surface area contributed by atoms with E-state index < -0.39 is 5.54 Å². The summed E-state index contributed by atoms with van der Waals surface area (Å²) in [5, 5.41) is 4.38. The first-order valence-electron chi connectivity index (χ1n) is 7.53. The van der Waals surface area contributed by atoms with Gasteiger partial charge in [0.25, 0.3) is 0 Å². The summed E-state index contributed by atoms with van der Waals surface area (Å²) in [6, 6.07) is 0.277. The molecule has 5 nitrogen and oxygen atoms in total. The van der Waals surface area contributed by atoms with E-state index in [0.29, 0.717) is 0 Å². The van der Waals surface area contributed by atoms with Gasteiger partial charge >= 0.3 is 0 Å². The second-order valence-corrected chi connectivity index (χ2v) is 6.21. The van der Waals surface area contributed by atoms with Crippen molar-refractivity contribution in [2.75, 3.05) is 13.1 Å². The monoisotopic (exact) mass is 314 g/mol. The summed E-state index contributed by atoms with van der Waals surface area (Å²) in [5.74, 6) is 0.0768. The van der Waals surface area contributed by atoms with E-state index >= 15 is 0 Å². The van der Waals surface area contributed by atoms with E-state index in [4.69, 9.17) is 5.73 Å². The SMILES string of the molecule is CCCC(C)(N)C(=O)N1CCCC(n2cc(C)cn2)C1.Cl. The third-order valence-corrected chi connectivity index (χ3v) is 4.05. The Bertz CT molecular complexity index is 472. The number of carbonyl (C=O) groups is 1. The number of carbonyl (C=O) groups excluding carboxylic acids is 1. The van der Waals surface area contributed by atoms with Crippen LogP contribution in [0.3, 0.4) is 0 Å². The number of hydrogen-bond donors (Lipinski definition) is 1. The minimum Gasteiger partial charge on any atom is -0.339 e.